The summed E-state index contributed by atoms with van der Waals surface area (Å²) in [5.41, 5.74) is 5.30. The van der Waals surface area contributed by atoms with Gasteiger partial charge in [-0.3, -0.25) is 4.79 Å². The van der Waals surface area contributed by atoms with Crippen LogP contribution in [0.25, 0.3) is 0 Å². The largest absolute Gasteiger partial charge is 0.467 e. The van der Waals surface area contributed by atoms with Crippen molar-refractivity contribution in [2.75, 3.05) is 13.7 Å². The predicted octanol–water partition coefficient (Wildman–Crippen LogP) is 0.429. The molecule has 0 aliphatic heterocycles. The van der Waals surface area contributed by atoms with E-state index in [0.717, 1.165) is 0 Å². The molecule has 0 aromatic carbocycles. The van der Waals surface area contributed by atoms with Crippen molar-refractivity contribution in [3.63, 3.8) is 0 Å². The maximum Gasteiger partial charge on any atom is 0.328 e. The lowest BCUT2D eigenvalue weighted by Gasteiger charge is -2.18. The Morgan fingerprint density at radius 1 is 1.38 bits per heavy atom. The molecule has 1 atom stereocenters. The van der Waals surface area contributed by atoms with E-state index in [9.17, 15) is 9.59 Å². The number of amides is 1. The van der Waals surface area contributed by atoms with Crippen LogP contribution in [0.15, 0.2) is 0 Å². The van der Waals surface area contributed by atoms with Gasteiger partial charge in [-0.2, -0.15) is 0 Å². The highest BCUT2D eigenvalue weighted by Crippen LogP contribution is 2.06. The molecule has 0 spiro atoms. The van der Waals surface area contributed by atoms with Crippen molar-refractivity contribution < 1.29 is 14.3 Å². The maximum absolute atomic E-state index is 11.4. The van der Waals surface area contributed by atoms with E-state index in [-0.39, 0.29) is 5.91 Å². The fourth-order valence-corrected chi connectivity index (χ4v) is 1.36. The SMILES string of the molecule is COC(=O)[C@H](CC(C)C)NC(=O)CCCN. The summed E-state index contributed by atoms with van der Waals surface area (Å²) in [6.45, 7) is 4.45. The van der Waals surface area contributed by atoms with Gasteiger partial charge in [-0.15, -0.1) is 0 Å². The standard InChI is InChI=1S/C11H22N2O3/c1-8(2)7-9(11(15)16-3)13-10(14)5-4-6-12/h8-9H,4-7,12H2,1-3H3,(H,13,14)/t9-/m0/s1. The van der Waals surface area contributed by atoms with Gasteiger partial charge >= 0.3 is 5.97 Å². The zero-order valence-corrected chi connectivity index (χ0v) is 10.3. The summed E-state index contributed by atoms with van der Waals surface area (Å²) < 4.78 is 4.64. The lowest BCUT2D eigenvalue weighted by molar-refractivity contribution is -0.145. The second kappa shape index (κ2) is 8.10. The first-order chi connectivity index (χ1) is 7.51. The molecular formula is C11H22N2O3. The Morgan fingerprint density at radius 2 is 2.00 bits per heavy atom. The normalized spacial score (nSPS) is 12.3. The highest BCUT2D eigenvalue weighted by atomic mass is 16.5. The van der Waals surface area contributed by atoms with Crippen molar-refractivity contribution in [2.45, 2.75) is 39.2 Å². The topological polar surface area (TPSA) is 81.4 Å². The molecule has 0 unspecified atom stereocenters. The van der Waals surface area contributed by atoms with Crippen LogP contribution >= 0.6 is 0 Å². The monoisotopic (exact) mass is 230 g/mol. The van der Waals surface area contributed by atoms with E-state index in [1.54, 1.807) is 0 Å². The van der Waals surface area contributed by atoms with Gasteiger partial charge in [0.15, 0.2) is 0 Å². The molecular weight excluding hydrogens is 208 g/mol. The molecule has 16 heavy (non-hydrogen) atoms. The lowest BCUT2D eigenvalue weighted by atomic mass is 10.0. The van der Waals surface area contributed by atoms with Gasteiger partial charge in [0.05, 0.1) is 7.11 Å². The van der Waals surface area contributed by atoms with Crippen molar-refractivity contribution in [3.8, 4) is 0 Å². The quantitative estimate of drug-likeness (QED) is 0.621. The van der Waals surface area contributed by atoms with Crippen molar-refractivity contribution in [3.05, 3.63) is 0 Å². The Morgan fingerprint density at radius 3 is 2.44 bits per heavy atom. The van der Waals surface area contributed by atoms with Crippen LogP contribution in [0.3, 0.4) is 0 Å². The number of carbonyl (C=O) groups excluding carboxylic acids is 2. The lowest BCUT2D eigenvalue weighted by Crippen LogP contribution is -2.42. The van der Waals surface area contributed by atoms with E-state index in [0.29, 0.717) is 31.7 Å². The summed E-state index contributed by atoms with van der Waals surface area (Å²) in [5.74, 6) is -0.227. The van der Waals surface area contributed by atoms with Crippen LogP contribution in [0.5, 0.6) is 0 Å². The molecule has 94 valence electrons. The number of hydrogen-bond acceptors (Lipinski definition) is 4. The number of ether oxygens (including phenoxy) is 1. The average Bonchev–Trinajstić information content (AvgIpc) is 2.23. The first kappa shape index (κ1) is 14.9. The molecule has 0 aliphatic carbocycles. The summed E-state index contributed by atoms with van der Waals surface area (Å²) in [6, 6.07) is -0.546. The van der Waals surface area contributed by atoms with Gasteiger partial charge in [-0.1, -0.05) is 13.8 Å². The van der Waals surface area contributed by atoms with Crippen LogP contribution in [-0.4, -0.2) is 31.6 Å². The molecule has 0 aromatic heterocycles. The van der Waals surface area contributed by atoms with Gasteiger partial charge in [0.1, 0.15) is 6.04 Å². The van der Waals surface area contributed by atoms with Gasteiger partial charge in [0.2, 0.25) is 5.91 Å². The molecule has 5 nitrogen and oxygen atoms in total. The minimum atomic E-state index is -0.546. The van der Waals surface area contributed by atoms with E-state index in [1.807, 2.05) is 13.8 Å². The smallest absolute Gasteiger partial charge is 0.328 e. The van der Waals surface area contributed by atoms with E-state index < -0.39 is 12.0 Å². The molecule has 0 heterocycles. The van der Waals surface area contributed by atoms with Crippen LogP contribution in [0.4, 0.5) is 0 Å². The van der Waals surface area contributed by atoms with Crippen LogP contribution < -0.4 is 11.1 Å². The molecule has 0 saturated carbocycles. The van der Waals surface area contributed by atoms with E-state index in [1.165, 1.54) is 7.11 Å². The maximum atomic E-state index is 11.4. The number of hydrogen-bond donors (Lipinski definition) is 2. The summed E-state index contributed by atoms with van der Waals surface area (Å²) in [4.78, 5) is 22.8. The minimum Gasteiger partial charge on any atom is -0.467 e. The third-order valence-electron chi connectivity index (χ3n) is 2.14. The third-order valence-corrected chi connectivity index (χ3v) is 2.14. The Labute approximate surface area is 96.7 Å². The van der Waals surface area contributed by atoms with Gasteiger partial charge in [0, 0.05) is 6.42 Å². The fraction of sp³-hybridized carbons (Fsp3) is 0.818. The van der Waals surface area contributed by atoms with Crippen molar-refractivity contribution in [1.29, 1.82) is 0 Å². The summed E-state index contributed by atoms with van der Waals surface area (Å²) in [6.07, 6.45) is 1.56. The molecule has 0 aromatic rings. The molecule has 5 heteroatoms. The summed E-state index contributed by atoms with van der Waals surface area (Å²) >= 11 is 0. The van der Waals surface area contributed by atoms with Crippen molar-refractivity contribution in [2.24, 2.45) is 11.7 Å². The molecule has 0 fully saturated rings. The Kier molecular flexibility index (Phi) is 7.54. The molecule has 0 rings (SSSR count). The van der Waals surface area contributed by atoms with E-state index in [2.05, 4.69) is 10.1 Å². The van der Waals surface area contributed by atoms with Crippen LogP contribution in [-0.2, 0) is 14.3 Å². The third kappa shape index (κ3) is 6.40. The second-order valence-corrected chi connectivity index (χ2v) is 4.17. The van der Waals surface area contributed by atoms with Gasteiger partial charge < -0.3 is 15.8 Å². The first-order valence-electron chi connectivity index (χ1n) is 5.58. The van der Waals surface area contributed by atoms with Gasteiger partial charge in [-0.25, -0.2) is 4.79 Å². The summed E-state index contributed by atoms with van der Waals surface area (Å²) in [5, 5.41) is 2.66. The second-order valence-electron chi connectivity index (χ2n) is 4.17. The van der Waals surface area contributed by atoms with Crippen LogP contribution in [0.1, 0.15) is 33.1 Å². The number of esters is 1. The van der Waals surface area contributed by atoms with Crippen LogP contribution in [0, 0.1) is 5.92 Å². The van der Waals surface area contributed by atoms with Crippen molar-refractivity contribution >= 4 is 11.9 Å². The highest BCUT2D eigenvalue weighted by Gasteiger charge is 2.21. The molecule has 0 saturated heterocycles. The number of nitrogens with one attached hydrogen (secondary N) is 1. The fourth-order valence-electron chi connectivity index (χ4n) is 1.36. The Bertz CT molecular complexity index is 229. The number of rotatable bonds is 7. The van der Waals surface area contributed by atoms with E-state index >= 15 is 0 Å². The number of nitrogens with two attached hydrogens (primary N) is 1. The zero-order valence-electron chi connectivity index (χ0n) is 10.3. The van der Waals surface area contributed by atoms with Crippen molar-refractivity contribution in [1.82, 2.24) is 5.32 Å². The van der Waals surface area contributed by atoms with E-state index in [4.69, 9.17) is 5.73 Å². The van der Waals surface area contributed by atoms with Gasteiger partial charge in [-0.05, 0) is 25.3 Å². The highest BCUT2D eigenvalue weighted by molar-refractivity contribution is 5.84. The molecule has 1 amide bonds. The molecule has 3 N–H and O–H groups in total. The number of methoxy groups -OCH3 is 1. The molecule has 0 aliphatic rings. The Hall–Kier alpha value is -1.10. The predicted molar refractivity (Wildman–Crippen MR) is 61.7 cm³/mol. The minimum absolute atomic E-state index is 0.151. The van der Waals surface area contributed by atoms with Crippen LogP contribution in [0.2, 0.25) is 0 Å². The average molecular weight is 230 g/mol. The van der Waals surface area contributed by atoms with Gasteiger partial charge in [0.25, 0.3) is 0 Å². The molecule has 0 radical (unpaired) electrons. The Balaban J connectivity index is 4.19. The zero-order chi connectivity index (χ0) is 12.6. The molecule has 0 bridgehead atoms. The summed E-state index contributed by atoms with van der Waals surface area (Å²) in [7, 11) is 1.32. The number of carbonyl (C=O) groups is 2. The first-order valence-corrected chi connectivity index (χ1v) is 5.58.